The van der Waals surface area contributed by atoms with Gasteiger partial charge in [0.2, 0.25) is 0 Å². The summed E-state index contributed by atoms with van der Waals surface area (Å²) >= 11 is 0. The molecule has 5 atom stereocenters. The summed E-state index contributed by atoms with van der Waals surface area (Å²) in [6, 6.07) is 4.97. The van der Waals surface area contributed by atoms with Crippen molar-refractivity contribution in [1.82, 2.24) is 10.2 Å². The number of nitrogens with zero attached hydrogens (tertiary/aromatic N) is 1. The van der Waals surface area contributed by atoms with Gasteiger partial charge in [0.05, 0.1) is 23.8 Å². The predicted molar refractivity (Wildman–Crippen MR) is 107 cm³/mol. The summed E-state index contributed by atoms with van der Waals surface area (Å²) in [6.07, 6.45) is 6.88. The second-order valence-corrected chi connectivity index (χ2v) is 9.22. The SMILES string of the molecule is C[C@H](NC(=O)c1ccc2c(c1)C(=O)N(C[C@@H]1CCCO1)C2=O)[C@H]1C[C@H]2CC[C@H]1C2. The Kier molecular flexibility index (Phi) is 4.69. The highest BCUT2D eigenvalue weighted by atomic mass is 16.5. The molecule has 6 heteroatoms. The zero-order chi connectivity index (χ0) is 20.1. The lowest BCUT2D eigenvalue weighted by Crippen LogP contribution is -2.40. The van der Waals surface area contributed by atoms with E-state index in [2.05, 4.69) is 12.2 Å². The van der Waals surface area contributed by atoms with E-state index in [1.54, 1.807) is 18.2 Å². The van der Waals surface area contributed by atoms with Crippen molar-refractivity contribution in [2.24, 2.45) is 17.8 Å². The average Bonchev–Trinajstić information content (AvgIpc) is 3.51. The van der Waals surface area contributed by atoms with Gasteiger partial charge in [-0.2, -0.15) is 0 Å². The molecule has 2 saturated carbocycles. The highest BCUT2D eigenvalue weighted by Crippen LogP contribution is 2.49. The molecule has 3 fully saturated rings. The minimum absolute atomic E-state index is 0.0809. The Morgan fingerprint density at radius 2 is 2.00 bits per heavy atom. The first kappa shape index (κ1) is 18.8. The topological polar surface area (TPSA) is 75.7 Å². The summed E-state index contributed by atoms with van der Waals surface area (Å²) in [5.41, 5.74) is 1.15. The van der Waals surface area contributed by atoms with Crippen LogP contribution in [0.25, 0.3) is 0 Å². The van der Waals surface area contributed by atoms with Crippen LogP contribution < -0.4 is 5.32 Å². The maximum Gasteiger partial charge on any atom is 0.261 e. The van der Waals surface area contributed by atoms with E-state index in [9.17, 15) is 14.4 Å². The summed E-state index contributed by atoms with van der Waals surface area (Å²) < 4.78 is 5.58. The van der Waals surface area contributed by atoms with Gasteiger partial charge in [-0.1, -0.05) is 6.42 Å². The van der Waals surface area contributed by atoms with E-state index in [1.807, 2.05) is 0 Å². The number of benzene rings is 1. The standard InChI is InChI=1S/C23H28N2O4/c1-13(19-10-14-4-5-15(19)9-14)24-21(26)16-6-7-18-20(11-16)23(28)25(22(18)27)12-17-3-2-8-29-17/h6-7,11,13-15,17,19H,2-5,8-10,12H2,1H3,(H,24,26)/t13-,14-,15-,17-,19+/m0/s1. The van der Waals surface area contributed by atoms with E-state index in [0.29, 0.717) is 29.2 Å². The Labute approximate surface area is 171 Å². The van der Waals surface area contributed by atoms with Crippen LogP contribution in [0.5, 0.6) is 0 Å². The van der Waals surface area contributed by atoms with Gasteiger partial charge < -0.3 is 10.1 Å². The van der Waals surface area contributed by atoms with Gasteiger partial charge >= 0.3 is 0 Å². The highest BCUT2D eigenvalue weighted by Gasteiger charge is 2.42. The quantitative estimate of drug-likeness (QED) is 0.777. The van der Waals surface area contributed by atoms with Gasteiger partial charge in [-0.25, -0.2) is 0 Å². The van der Waals surface area contributed by atoms with E-state index in [-0.39, 0.29) is 36.4 Å². The van der Waals surface area contributed by atoms with Crippen LogP contribution in [-0.4, -0.2) is 47.9 Å². The molecule has 2 aliphatic heterocycles. The molecular weight excluding hydrogens is 368 g/mol. The van der Waals surface area contributed by atoms with Crippen LogP contribution in [0.15, 0.2) is 18.2 Å². The molecule has 0 radical (unpaired) electrons. The molecule has 1 saturated heterocycles. The summed E-state index contributed by atoms with van der Waals surface area (Å²) in [5, 5.41) is 3.14. The lowest BCUT2D eigenvalue weighted by Gasteiger charge is -2.28. The average molecular weight is 396 g/mol. The maximum atomic E-state index is 12.8. The summed E-state index contributed by atoms with van der Waals surface area (Å²) in [7, 11) is 0. The molecule has 1 N–H and O–H groups in total. The predicted octanol–water partition coefficient (Wildman–Crippen LogP) is 3.02. The molecule has 0 aromatic heterocycles. The summed E-state index contributed by atoms with van der Waals surface area (Å²) in [6.45, 7) is 3.06. The molecule has 0 unspecified atom stereocenters. The fourth-order valence-electron chi connectivity index (χ4n) is 5.89. The Morgan fingerprint density at radius 1 is 1.17 bits per heavy atom. The molecule has 2 aliphatic carbocycles. The van der Waals surface area contributed by atoms with Crippen molar-refractivity contribution < 1.29 is 19.1 Å². The molecule has 3 amide bonds. The Balaban J connectivity index is 1.28. The van der Waals surface area contributed by atoms with Gasteiger partial charge in [0.1, 0.15) is 0 Å². The smallest absolute Gasteiger partial charge is 0.261 e. The number of amides is 3. The molecular formula is C23H28N2O4. The number of carbonyl (C=O) groups excluding carboxylic acids is 3. The fraction of sp³-hybridized carbons (Fsp3) is 0.609. The van der Waals surface area contributed by atoms with Gasteiger partial charge in [0.15, 0.2) is 0 Å². The minimum atomic E-state index is -0.323. The summed E-state index contributed by atoms with van der Waals surface area (Å²) in [5.74, 6) is 1.35. The number of carbonyl (C=O) groups is 3. The van der Waals surface area contributed by atoms with E-state index in [4.69, 9.17) is 4.74 Å². The zero-order valence-corrected chi connectivity index (χ0v) is 16.9. The van der Waals surface area contributed by atoms with Gasteiger partial charge in [-0.15, -0.1) is 0 Å². The van der Waals surface area contributed by atoms with Crippen molar-refractivity contribution in [3.63, 3.8) is 0 Å². The van der Waals surface area contributed by atoms with Crippen LogP contribution in [-0.2, 0) is 4.74 Å². The second kappa shape index (κ2) is 7.24. The Bertz CT molecular complexity index is 860. The zero-order valence-electron chi connectivity index (χ0n) is 16.9. The lowest BCUT2D eigenvalue weighted by molar-refractivity contribution is 0.0475. The minimum Gasteiger partial charge on any atom is -0.376 e. The van der Waals surface area contributed by atoms with Crippen molar-refractivity contribution >= 4 is 17.7 Å². The lowest BCUT2D eigenvalue weighted by atomic mass is 9.84. The molecule has 154 valence electrons. The Hall–Kier alpha value is -2.21. The number of nitrogens with one attached hydrogen (secondary N) is 1. The largest absolute Gasteiger partial charge is 0.376 e. The number of imide groups is 1. The molecule has 4 aliphatic rings. The van der Waals surface area contributed by atoms with Crippen molar-refractivity contribution in [2.75, 3.05) is 13.2 Å². The van der Waals surface area contributed by atoms with E-state index in [1.165, 1.54) is 30.6 Å². The molecule has 1 aromatic rings. The van der Waals surface area contributed by atoms with Gasteiger partial charge in [0, 0.05) is 18.2 Å². The third-order valence-corrected chi connectivity index (χ3v) is 7.44. The van der Waals surface area contributed by atoms with Crippen molar-refractivity contribution in [1.29, 1.82) is 0 Å². The molecule has 1 aromatic carbocycles. The van der Waals surface area contributed by atoms with E-state index in [0.717, 1.165) is 24.7 Å². The molecule has 0 spiro atoms. The van der Waals surface area contributed by atoms with Crippen LogP contribution in [0.1, 0.15) is 76.5 Å². The third-order valence-electron chi connectivity index (χ3n) is 7.44. The number of fused-ring (bicyclic) bond motifs is 3. The van der Waals surface area contributed by atoms with Crippen LogP contribution in [0, 0.1) is 17.8 Å². The third kappa shape index (κ3) is 3.27. The Morgan fingerprint density at radius 3 is 2.69 bits per heavy atom. The molecule has 2 heterocycles. The van der Waals surface area contributed by atoms with Crippen molar-refractivity contribution in [3.05, 3.63) is 34.9 Å². The molecule has 5 rings (SSSR count). The number of rotatable bonds is 5. The van der Waals surface area contributed by atoms with Crippen LogP contribution in [0.2, 0.25) is 0 Å². The first-order valence-corrected chi connectivity index (χ1v) is 10.9. The van der Waals surface area contributed by atoms with Crippen LogP contribution in [0.4, 0.5) is 0 Å². The monoisotopic (exact) mass is 396 g/mol. The summed E-state index contributed by atoms with van der Waals surface area (Å²) in [4.78, 5) is 39.5. The number of hydrogen-bond acceptors (Lipinski definition) is 4. The maximum absolute atomic E-state index is 12.8. The fourth-order valence-corrected chi connectivity index (χ4v) is 5.89. The molecule has 2 bridgehead atoms. The van der Waals surface area contributed by atoms with Crippen LogP contribution >= 0.6 is 0 Å². The number of ether oxygens (including phenoxy) is 1. The van der Waals surface area contributed by atoms with Crippen molar-refractivity contribution in [2.45, 2.75) is 57.6 Å². The highest BCUT2D eigenvalue weighted by molar-refractivity contribution is 6.22. The van der Waals surface area contributed by atoms with Crippen LogP contribution in [0.3, 0.4) is 0 Å². The second-order valence-electron chi connectivity index (χ2n) is 9.22. The van der Waals surface area contributed by atoms with E-state index < -0.39 is 0 Å². The first-order valence-electron chi connectivity index (χ1n) is 10.9. The van der Waals surface area contributed by atoms with E-state index >= 15 is 0 Å². The van der Waals surface area contributed by atoms with Gasteiger partial charge in [0.25, 0.3) is 17.7 Å². The van der Waals surface area contributed by atoms with Crippen molar-refractivity contribution in [3.8, 4) is 0 Å². The van der Waals surface area contributed by atoms with Gasteiger partial charge in [-0.3, -0.25) is 19.3 Å². The van der Waals surface area contributed by atoms with Gasteiger partial charge in [-0.05, 0) is 75.0 Å². The number of hydrogen-bond donors (Lipinski definition) is 1. The first-order chi connectivity index (χ1) is 14.0. The molecule has 6 nitrogen and oxygen atoms in total. The molecule has 29 heavy (non-hydrogen) atoms. The normalized spacial score (nSPS) is 31.4.